The van der Waals surface area contributed by atoms with Gasteiger partial charge < -0.3 is 10.0 Å². The molecule has 1 heterocycles. The summed E-state index contributed by atoms with van der Waals surface area (Å²) in [5.74, 6) is 0.601. The number of rotatable bonds is 5. The van der Waals surface area contributed by atoms with Crippen molar-refractivity contribution in [2.75, 3.05) is 44.2 Å². The maximum Gasteiger partial charge on any atom is 0.0443 e. The highest BCUT2D eigenvalue weighted by atomic mass is 16.3. The molecule has 3 nitrogen and oxygen atoms in total. The highest BCUT2D eigenvalue weighted by Gasteiger charge is 2.16. The first kappa shape index (κ1) is 14.4. The molecular weight excluding hydrogens is 236 g/mol. The van der Waals surface area contributed by atoms with E-state index in [9.17, 15) is 0 Å². The molecule has 1 aliphatic heterocycles. The van der Waals surface area contributed by atoms with Crippen LogP contribution in [0.15, 0.2) is 24.3 Å². The first-order valence-electron chi connectivity index (χ1n) is 7.39. The minimum absolute atomic E-state index is 0.302. The number of benzene rings is 1. The van der Waals surface area contributed by atoms with Crippen molar-refractivity contribution in [1.29, 1.82) is 0 Å². The predicted octanol–water partition coefficient (Wildman–Crippen LogP) is 2.31. The molecule has 1 saturated heterocycles. The van der Waals surface area contributed by atoms with Crippen LogP contribution in [0.5, 0.6) is 0 Å². The molecule has 1 N–H and O–H groups in total. The molecule has 0 bridgehead atoms. The number of aliphatic hydroxyl groups excluding tert-OH is 1. The molecule has 1 aromatic rings. The maximum absolute atomic E-state index is 8.86. The van der Waals surface area contributed by atoms with Gasteiger partial charge in [0.1, 0.15) is 0 Å². The fraction of sp³-hybridized carbons (Fsp3) is 0.625. The molecule has 1 fully saturated rings. The van der Waals surface area contributed by atoms with Crippen molar-refractivity contribution in [2.45, 2.75) is 26.2 Å². The molecule has 1 aromatic carbocycles. The Labute approximate surface area is 116 Å². The third-order valence-corrected chi connectivity index (χ3v) is 3.93. The topological polar surface area (TPSA) is 26.7 Å². The largest absolute Gasteiger partial charge is 0.396 e. The molecule has 0 unspecified atom stereocenters. The zero-order valence-corrected chi connectivity index (χ0v) is 12.2. The molecule has 1 aliphatic rings. The van der Waals surface area contributed by atoms with E-state index < -0.39 is 0 Å². The van der Waals surface area contributed by atoms with Crippen molar-refractivity contribution in [3.63, 3.8) is 0 Å². The monoisotopic (exact) mass is 262 g/mol. The summed E-state index contributed by atoms with van der Waals surface area (Å²) in [6.45, 7) is 10.2. The Balaban J connectivity index is 1.87. The highest BCUT2D eigenvalue weighted by molar-refractivity contribution is 5.48. The second-order valence-corrected chi connectivity index (χ2v) is 5.65. The van der Waals surface area contributed by atoms with Crippen molar-refractivity contribution < 1.29 is 5.11 Å². The van der Waals surface area contributed by atoms with Gasteiger partial charge in [-0.1, -0.05) is 26.0 Å². The lowest BCUT2D eigenvalue weighted by Gasteiger charge is -2.36. The number of anilines is 1. The Morgan fingerprint density at radius 2 is 1.68 bits per heavy atom. The van der Waals surface area contributed by atoms with E-state index in [2.05, 4.69) is 47.9 Å². The van der Waals surface area contributed by atoms with Gasteiger partial charge in [0.2, 0.25) is 0 Å². The molecule has 0 aliphatic carbocycles. The second-order valence-electron chi connectivity index (χ2n) is 5.65. The molecule has 0 aromatic heterocycles. The van der Waals surface area contributed by atoms with Crippen LogP contribution in [-0.2, 0) is 0 Å². The zero-order valence-electron chi connectivity index (χ0n) is 12.2. The minimum Gasteiger partial charge on any atom is -0.396 e. The summed E-state index contributed by atoms with van der Waals surface area (Å²) >= 11 is 0. The molecule has 0 atom stereocenters. The van der Waals surface area contributed by atoms with Crippen LogP contribution in [0.2, 0.25) is 0 Å². The summed E-state index contributed by atoms with van der Waals surface area (Å²) in [4.78, 5) is 4.90. The molecule has 19 heavy (non-hydrogen) atoms. The molecule has 0 spiro atoms. The smallest absolute Gasteiger partial charge is 0.0443 e. The normalized spacial score (nSPS) is 17.2. The summed E-state index contributed by atoms with van der Waals surface area (Å²) in [6, 6.07) is 8.99. The standard InChI is InChI=1S/C16H26N2O/c1-14(2)15-4-6-16(7-5-15)18-11-9-17(10-12-18)8-3-13-19/h4-7,14,19H,3,8-13H2,1-2H3. The summed E-state index contributed by atoms with van der Waals surface area (Å²) in [5, 5.41) is 8.86. The van der Waals surface area contributed by atoms with Gasteiger partial charge in [0, 0.05) is 45.0 Å². The third kappa shape index (κ3) is 3.95. The van der Waals surface area contributed by atoms with E-state index in [1.807, 2.05) is 0 Å². The summed E-state index contributed by atoms with van der Waals surface area (Å²) < 4.78 is 0. The van der Waals surface area contributed by atoms with Crippen LogP contribution in [0.1, 0.15) is 31.7 Å². The number of aliphatic hydroxyl groups is 1. The first-order chi connectivity index (χ1) is 9.20. The summed E-state index contributed by atoms with van der Waals surface area (Å²) in [6.07, 6.45) is 0.892. The van der Waals surface area contributed by atoms with Crippen molar-refractivity contribution in [3.8, 4) is 0 Å². The van der Waals surface area contributed by atoms with Crippen LogP contribution < -0.4 is 4.90 Å². The molecule has 106 valence electrons. The molecular formula is C16H26N2O. The molecule has 0 radical (unpaired) electrons. The third-order valence-electron chi connectivity index (χ3n) is 3.93. The Kier molecular flexibility index (Phi) is 5.23. The molecule has 0 amide bonds. The fourth-order valence-corrected chi connectivity index (χ4v) is 2.59. The SMILES string of the molecule is CC(C)c1ccc(N2CCN(CCCO)CC2)cc1. The van der Waals surface area contributed by atoms with Crippen LogP contribution in [0.25, 0.3) is 0 Å². The first-order valence-corrected chi connectivity index (χ1v) is 7.39. The molecule has 2 rings (SSSR count). The molecule has 0 saturated carbocycles. The Morgan fingerprint density at radius 1 is 1.05 bits per heavy atom. The van der Waals surface area contributed by atoms with Crippen LogP contribution in [0.4, 0.5) is 5.69 Å². The number of piperazine rings is 1. The van der Waals surface area contributed by atoms with Gasteiger partial charge in [0.05, 0.1) is 0 Å². The van der Waals surface area contributed by atoms with Crippen molar-refractivity contribution >= 4 is 5.69 Å². The number of hydrogen-bond donors (Lipinski definition) is 1. The Hall–Kier alpha value is -1.06. The van der Waals surface area contributed by atoms with Gasteiger partial charge in [-0.05, 0) is 30.0 Å². The zero-order chi connectivity index (χ0) is 13.7. The van der Waals surface area contributed by atoms with Gasteiger partial charge in [0.25, 0.3) is 0 Å². The number of nitrogens with zero attached hydrogens (tertiary/aromatic N) is 2. The van der Waals surface area contributed by atoms with E-state index in [1.54, 1.807) is 0 Å². The van der Waals surface area contributed by atoms with E-state index in [-0.39, 0.29) is 0 Å². The van der Waals surface area contributed by atoms with E-state index in [0.29, 0.717) is 12.5 Å². The van der Waals surface area contributed by atoms with Gasteiger partial charge in [-0.15, -0.1) is 0 Å². The quantitative estimate of drug-likeness (QED) is 0.882. The fourth-order valence-electron chi connectivity index (χ4n) is 2.59. The lowest BCUT2D eigenvalue weighted by Crippen LogP contribution is -2.46. The minimum atomic E-state index is 0.302. The molecule has 3 heteroatoms. The van der Waals surface area contributed by atoms with Gasteiger partial charge in [-0.25, -0.2) is 0 Å². The lowest BCUT2D eigenvalue weighted by atomic mass is 10.0. The lowest BCUT2D eigenvalue weighted by molar-refractivity contribution is 0.216. The number of hydrogen-bond acceptors (Lipinski definition) is 3. The van der Waals surface area contributed by atoms with E-state index in [0.717, 1.165) is 39.1 Å². The Bertz CT molecular complexity index is 367. The highest BCUT2D eigenvalue weighted by Crippen LogP contribution is 2.21. The van der Waals surface area contributed by atoms with Crippen LogP contribution >= 0.6 is 0 Å². The van der Waals surface area contributed by atoms with Crippen molar-refractivity contribution in [2.24, 2.45) is 0 Å². The van der Waals surface area contributed by atoms with E-state index in [4.69, 9.17) is 5.11 Å². The average Bonchev–Trinajstić information content (AvgIpc) is 2.46. The van der Waals surface area contributed by atoms with Gasteiger partial charge >= 0.3 is 0 Å². The van der Waals surface area contributed by atoms with Gasteiger partial charge in [-0.2, -0.15) is 0 Å². The second kappa shape index (κ2) is 6.92. The van der Waals surface area contributed by atoms with E-state index >= 15 is 0 Å². The maximum atomic E-state index is 8.86. The summed E-state index contributed by atoms with van der Waals surface area (Å²) in [5.41, 5.74) is 2.75. The van der Waals surface area contributed by atoms with Gasteiger partial charge in [0.15, 0.2) is 0 Å². The Morgan fingerprint density at radius 3 is 2.21 bits per heavy atom. The van der Waals surface area contributed by atoms with Crippen LogP contribution in [0.3, 0.4) is 0 Å². The van der Waals surface area contributed by atoms with Crippen molar-refractivity contribution in [1.82, 2.24) is 4.90 Å². The average molecular weight is 262 g/mol. The van der Waals surface area contributed by atoms with Gasteiger partial charge in [-0.3, -0.25) is 4.90 Å². The van der Waals surface area contributed by atoms with E-state index in [1.165, 1.54) is 11.3 Å². The summed E-state index contributed by atoms with van der Waals surface area (Å²) in [7, 11) is 0. The van der Waals surface area contributed by atoms with Crippen LogP contribution in [-0.4, -0.2) is 49.3 Å². The van der Waals surface area contributed by atoms with Crippen molar-refractivity contribution in [3.05, 3.63) is 29.8 Å². The predicted molar refractivity (Wildman–Crippen MR) is 80.9 cm³/mol. The van der Waals surface area contributed by atoms with Crippen LogP contribution in [0, 0.1) is 0 Å².